The van der Waals surface area contributed by atoms with Gasteiger partial charge < -0.3 is 10.1 Å². The van der Waals surface area contributed by atoms with E-state index in [1.807, 2.05) is 30.3 Å². The van der Waals surface area contributed by atoms with Crippen molar-refractivity contribution < 1.29 is 14.3 Å². The van der Waals surface area contributed by atoms with Gasteiger partial charge in [0.25, 0.3) is 0 Å². The second kappa shape index (κ2) is 7.30. The Morgan fingerprint density at radius 1 is 1.20 bits per heavy atom. The van der Waals surface area contributed by atoms with E-state index in [9.17, 15) is 9.59 Å². The van der Waals surface area contributed by atoms with Gasteiger partial charge in [0.2, 0.25) is 5.91 Å². The summed E-state index contributed by atoms with van der Waals surface area (Å²) in [6.45, 7) is 2.04. The number of benzene rings is 1. The summed E-state index contributed by atoms with van der Waals surface area (Å²) < 4.78 is 5.24. The van der Waals surface area contributed by atoms with E-state index >= 15 is 0 Å². The van der Waals surface area contributed by atoms with Crippen molar-refractivity contribution in [1.82, 2.24) is 10.3 Å². The van der Waals surface area contributed by atoms with Gasteiger partial charge in [-0.15, -0.1) is 0 Å². The number of pyridine rings is 1. The standard InChI is InChI=1S/C20H20N2O3/c1-2-25-19(24)20(12-16-7-3-4-8-17(16)13-20)22-18(23)10-9-15-6-5-11-21-14-15/h3-11,14H,2,12-13H2,1H3,(H,22,23)/b10-9-. The molecule has 1 aromatic carbocycles. The molecule has 0 spiro atoms. The number of hydrogen-bond donors (Lipinski definition) is 1. The highest BCUT2D eigenvalue weighted by molar-refractivity contribution is 5.96. The first-order valence-corrected chi connectivity index (χ1v) is 8.27. The van der Waals surface area contributed by atoms with Crippen molar-refractivity contribution in [2.75, 3.05) is 6.61 Å². The molecule has 0 atom stereocenters. The molecule has 128 valence electrons. The van der Waals surface area contributed by atoms with Crippen molar-refractivity contribution >= 4 is 18.0 Å². The van der Waals surface area contributed by atoms with Crippen LogP contribution in [0.4, 0.5) is 0 Å². The van der Waals surface area contributed by atoms with E-state index in [0.717, 1.165) is 16.7 Å². The molecule has 1 aromatic heterocycles. The van der Waals surface area contributed by atoms with Crippen LogP contribution in [0, 0.1) is 0 Å². The third-order valence-electron chi connectivity index (χ3n) is 4.24. The normalized spacial score (nSPS) is 14.9. The Kier molecular flexibility index (Phi) is 4.93. The van der Waals surface area contributed by atoms with Crippen molar-refractivity contribution in [2.45, 2.75) is 25.3 Å². The van der Waals surface area contributed by atoms with Gasteiger partial charge in [-0.2, -0.15) is 0 Å². The molecule has 2 aromatic rings. The molecule has 5 heteroatoms. The Labute approximate surface area is 146 Å². The molecule has 3 rings (SSSR count). The van der Waals surface area contributed by atoms with Crippen LogP contribution in [0.3, 0.4) is 0 Å². The summed E-state index contributed by atoms with van der Waals surface area (Å²) in [6.07, 6.45) is 7.30. The number of rotatable bonds is 5. The minimum atomic E-state index is -1.05. The number of hydrogen-bond acceptors (Lipinski definition) is 4. The lowest BCUT2D eigenvalue weighted by Gasteiger charge is -2.27. The fourth-order valence-electron chi connectivity index (χ4n) is 3.09. The maximum atomic E-state index is 12.6. The van der Waals surface area contributed by atoms with Crippen molar-refractivity contribution in [1.29, 1.82) is 0 Å². The molecule has 1 amide bonds. The molecule has 0 radical (unpaired) electrons. The first kappa shape index (κ1) is 16.9. The van der Waals surface area contributed by atoms with Crippen molar-refractivity contribution in [3.63, 3.8) is 0 Å². The molecule has 5 nitrogen and oxygen atoms in total. The average Bonchev–Trinajstić information content (AvgIpc) is 3.00. The monoisotopic (exact) mass is 336 g/mol. The zero-order chi connectivity index (χ0) is 17.7. The number of aromatic nitrogens is 1. The number of amides is 1. The molecule has 1 aliphatic rings. The van der Waals surface area contributed by atoms with Crippen LogP contribution in [0.25, 0.3) is 6.08 Å². The first-order chi connectivity index (χ1) is 12.1. The summed E-state index contributed by atoms with van der Waals surface area (Å²) in [4.78, 5) is 29.0. The summed E-state index contributed by atoms with van der Waals surface area (Å²) in [7, 11) is 0. The number of carbonyl (C=O) groups excluding carboxylic acids is 2. The maximum absolute atomic E-state index is 12.6. The molecule has 1 N–H and O–H groups in total. The highest BCUT2D eigenvalue weighted by atomic mass is 16.5. The van der Waals surface area contributed by atoms with E-state index in [4.69, 9.17) is 4.74 Å². The quantitative estimate of drug-likeness (QED) is 0.672. The summed E-state index contributed by atoms with van der Waals surface area (Å²) in [5.74, 6) is -0.723. The molecule has 0 saturated carbocycles. The molecule has 0 aliphatic heterocycles. The van der Waals surface area contributed by atoms with Crippen molar-refractivity contribution in [2.24, 2.45) is 0 Å². The molecule has 0 saturated heterocycles. The predicted molar refractivity (Wildman–Crippen MR) is 94.6 cm³/mol. The number of fused-ring (bicyclic) bond motifs is 1. The number of esters is 1. The summed E-state index contributed by atoms with van der Waals surface area (Å²) in [6, 6.07) is 11.5. The molecular formula is C20H20N2O3. The van der Waals surface area contributed by atoms with Gasteiger partial charge in [-0.25, -0.2) is 4.79 Å². The summed E-state index contributed by atoms with van der Waals surface area (Å²) in [5, 5.41) is 2.87. The lowest BCUT2D eigenvalue weighted by molar-refractivity contribution is -0.152. The topological polar surface area (TPSA) is 68.3 Å². The van der Waals surface area contributed by atoms with E-state index in [0.29, 0.717) is 12.8 Å². The van der Waals surface area contributed by atoms with Crippen LogP contribution in [0.2, 0.25) is 0 Å². The molecular weight excluding hydrogens is 316 g/mol. The largest absolute Gasteiger partial charge is 0.464 e. The molecule has 0 fully saturated rings. The van der Waals surface area contributed by atoms with Gasteiger partial charge in [0.15, 0.2) is 0 Å². The predicted octanol–water partition coefficient (Wildman–Crippen LogP) is 2.31. The van der Waals surface area contributed by atoms with Crippen LogP contribution in [-0.4, -0.2) is 29.0 Å². The third-order valence-corrected chi connectivity index (χ3v) is 4.24. The van der Waals surface area contributed by atoms with E-state index in [1.165, 1.54) is 6.08 Å². The van der Waals surface area contributed by atoms with Crippen LogP contribution < -0.4 is 5.32 Å². The fraction of sp³-hybridized carbons (Fsp3) is 0.250. The second-order valence-corrected chi connectivity index (χ2v) is 6.03. The number of nitrogens with zero attached hydrogens (tertiary/aromatic N) is 1. The molecule has 0 unspecified atom stereocenters. The second-order valence-electron chi connectivity index (χ2n) is 6.03. The van der Waals surface area contributed by atoms with Gasteiger partial charge in [-0.05, 0) is 35.8 Å². The Balaban J connectivity index is 1.79. The Morgan fingerprint density at radius 3 is 2.52 bits per heavy atom. The highest BCUT2D eigenvalue weighted by Crippen LogP contribution is 2.31. The van der Waals surface area contributed by atoms with Gasteiger partial charge >= 0.3 is 5.97 Å². The zero-order valence-electron chi connectivity index (χ0n) is 14.1. The lowest BCUT2D eigenvalue weighted by atomic mass is 9.95. The highest BCUT2D eigenvalue weighted by Gasteiger charge is 2.46. The van der Waals surface area contributed by atoms with Crippen LogP contribution in [0.5, 0.6) is 0 Å². The molecule has 1 aliphatic carbocycles. The number of ether oxygens (including phenoxy) is 1. The van der Waals surface area contributed by atoms with Gasteiger partial charge in [-0.3, -0.25) is 9.78 Å². The van der Waals surface area contributed by atoms with Gasteiger partial charge in [0.05, 0.1) is 6.61 Å². The smallest absolute Gasteiger partial charge is 0.332 e. The minimum Gasteiger partial charge on any atom is -0.464 e. The Hall–Kier alpha value is -2.95. The maximum Gasteiger partial charge on any atom is 0.332 e. The Bertz CT molecular complexity index is 775. The van der Waals surface area contributed by atoms with Crippen molar-refractivity contribution in [3.8, 4) is 0 Å². The third kappa shape index (κ3) is 3.76. The Morgan fingerprint density at radius 2 is 1.92 bits per heavy atom. The van der Waals surface area contributed by atoms with Crippen LogP contribution in [0.15, 0.2) is 54.9 Å². The lowest BCUT2D eigenvalue weighted by Crippen LogP contribution is -2.55. The number of carbonyl (C=O) groups is 2. The van der Waals surface area contributed by atoms with Gasteiger partial charge in [0, 0.05) is 31.3 Å². The van der Waals surface area contributed by atoms with E-state index in [-0.39, 0.29) is 12.5 Å². The van der Waals surface area contributed by atoms with E-state index in [1.54, 1.807) is 31.5 Å². The first-order valence-electron chi connectivity index (χ1n) is 8.27. The summed E-state index contributed by atoms with van der Waals surface area (Å²) >= 11 is 0. The van der Waals surface area contributed by atoms with E-state index < -0.39 is 11.5 Å². The zero-order valence-corrected chi connectivity index (χ0v) is 14.1. The molecule has 0 bridgehead atoms. The van der Waals surface area contributed by atoms with Gasteiger partial charge in [0.1, 0.15) is 5.54 Å². The minimum absolute atomic E-state index is 0.276. The van der Waals surface area contributed by atoms with Crippen LogP contribution >= 0.6 is 0 Å². The van der Waals surface area contributed by atoms with Crippen molar-refractivity contribution in [3.05, 3.63) is 71.6 Å². The molecule has 1 heterocycles. The van der Waals surface area contributed by atoms with E-state index in [2.05, 4.69) is 10.3 Å². The SMILES string of the molecule is CCOC(=O)C1(NC(=O)/C=C\c2cccnc2)Cc2ccccc2C1. The van der Waals surface area contributed by atoms with Crippen LogP contribution in [-0.2, 0) is 27.2 Å². The fourth-order valence-corrected chi connectivity index (χ4v) is 3.09. The average molecular weight is 336 g/mol. The number of nitrogens with one attached hydrogen (secondary N) is 1. The van der Waals surface area contributed by atoms with Crippen LogP contribution in [0.1, 0.15) is 23.6 Å². The van der Waals surface area contributed by atoms with Gasteiger partial charge in [-0.1, -0.05) is 30.3 Å². The molecule has 25 heavy (non-hydrogen) atoms. The summed E-state index contributed by atoms with van der Waals surface area (Å²) in [5.41, 5.74) is 1.90.